The third-order valence-corrected chi connectivity index (χ3v) is 5.67. The summed E-state index contributed by atoms with van der Waals surface area (Å²) in [6, 6.07) is 10.1. The molecule has 0 bridgehead atoms. The van der Waals surface area contributed by atoms with Crippen LogP contribution in [0.4, 0.5) is 5.13 Å². The van der Waals surface area contributed by atoms with E-state index in [9.17, 15) is 4.79 Å². The molecule has 0 saturated carbocycles. The van der Waals surface area contributed by atoms with Crippen LogP contribution in [0, 0.1) is 0 Å². The van der Waals surface area contributed by atoms with Gasteiger partial charge in [-0.25, -0.2) is 4.98 Å². The predicted molar refractivity (Wildman–Crippen MR) is 101 cm³/mol. The summed E-state index contributed by atoms with van der Waals surface area (Å²) in [5, 5.41) is 1.05. The van der Waals surface area contributed by atoms with Crippen molar-refractivity contribution >= 4 is 32.6 Å². The van der Waals surface area contributed by atoms with Crippen molar-refractivity contribution in [3.63, 3.8) is 0 Å². The largest absolute Gasteiger partial charge is 0.345 e. The maximum absolute atomic E-state index is 12.5. The average molecular weight is 352 g/mol. The second kappa shape index (κ2) is 6.80. The summed E-state index contributed by atoms with van der Waals surface area (Å²) in [7, 11) is 0. The van der Waals surface area contributed by atoms with Crippen LogP contribution in [0.1, 0.15) is 22.8 Å². The van der Waals surface area contributed by atoms with Gasteiger partial charge in [0, 0.05) is 38.6 Å². The molecule has 1 aliphatic rings. The zero-order valence-electron chi connectivity index (χ0n) is 14.2. The molecule has 1 aromatic carbocycles. The lowest BCUT2D eigenvalue weighted by Crippen LogP contribution is -2.48. The van der Waals surface area contributed by atoms with Gasteiger partial charge in [0.2, 0.25) is 0 Å². The van der Waals surface area contributed by atoms with Crippen LogP contribution in [0.5, 0.6) is 0 Å². The summed E-state index contributed by atoms with van der Waals surface area (Å²) in [6.07, 6.45) is 4.36. The van der Waals surface area contributed by atoms with Crippen LogP contribution in [0.2, 0.25) is 0 Å². The zero-order chi connectivity index (χ0) is 17.2. The number of carbonyl (C=O) groups is 1. The summed E-state index contributed by atoms with van der Waals surface area (Å²) in [4.78, 5) is 25.5. The number of thiazole rings is 1. The fraction of sp³-hybridized carbons (Fsp3) is 0.316. The normalized spacial score (nSPS) is 14.9. The maximum atomic E-state index is 12.5. The van der Waals surface area contributed by atoms with Crippen molar-refractivity contribution in [3.8, 4) is 0 Å². The predicted octanol–water partition coefficient (Wildman–Crippen LogP) is 3.22. The first-order valence-electron chi connectivity index (χ1n) is 8.58. The number of hydrogen-bond acceptors (Lipinski definition) is 5. The summed E-state index contributed by atoms with van der Waals surface area (Å²) >= 11 is 1.74. The van der Waals surface area contributed by atoms with Crippen molar-refractivity contribution in [2.45, 2.75) is 13.3 Å². The lowest BCUT2D eigenvalue weighted by molar-refractivity contribution is 0.0746. The van der Waals surface area contributed by atoms with E-state index in [0.717, 1.165) is 30.2 Å². The first-order chi connectivity index (χ1) is 12.2. The van der Waals surface area contributed by atoms with Crippen molar-refractivity contribution < 1.29 is 4.79 Å². The average Bonchev–Trinajstić information content (AvgIpc) is 3.11. The SMILES string of the molecule is CCc1ccc2nc(N3CCN(C(=O)c4cccnc4)CC3)sc2c1. The Morgan fingerprint density at radius 3 is 2.76 bits per heavy atom. The lowest BCUT2D eigenvalue weighted by Gasteiger charge is -2.34. The van der Waals surface area contributed by atoms with Crippen molar-refractivity contribution in [2.24, 2.45) is 0 Å². The number of amides is 1. The quantitative estimate of drug-likeness (QED) is 0.726. The molecule has 0 unspecified atom stereocenters. The van der Waals surface area contributed by atoms with E-state index < -0.39 is 0 Å². The van der Waals surface area contributed by atoms with Crippen LogP contribution in [-0.2, 0) is 6.42 Å². The van der Waals surface area contributed by atoms with E-state index in [1.807, 2.05) is 11.0 Å². The molecular formula is C19H20N4OS. The standard InChI is InChI=1S/C19H20N4OS/c1-2-14-5-6-16-17(12-14)25-19(21-16)23-10-8-22(9-11-23)18(24)15-4-3-7-20-13-15/h3-7,12-13H,2,8-11H2,1H3. The minimum Gasteiger partial charge on any atom is -0.345 e. The maximum Gasteiger partial charge on any atom is 0.255 e. The number of aromatic nitrogens is 2. The van der Waals surface area contributed by atoms with E-state index in [0.29, 0.717) is 18.7 Å². The Hall–Kier alpha value is -2.47. The van der Waals surface area contributed by atoms with Gasteiger partial charge in [-0.15, -0.1) is 0 Å². The van der Waals surface area contributed by atoms with Gasteiger partial charge >= 0.3 is 0 Å². The number of carbonyl (C=O) groups excluding carboxylic acids is 1. The fourth-order valence-corrected chi connectivity index (χ4v) is 4.17. The molecule has 1 amide bonds. The van der Waals surface area contributed by atoms with Crippen LogP contribution in [0.15, 0.2) is 42.7 Å². The topological polar surface area (TPSA) is 49.3 Å². The Kier molecular flexibility index (Phi) is 4.36. The number of aryl methyl sites for hydroxylation is 1. The number of hydrogen-bond donors (Lipinski definition) is 0. The van der Waals surface area contributed by atoms with Crippen molar-refractivity contribution in [2.75, 3.05) is 31.1 Å². The van der Waals surface area contributed by atoms with Gasteiger partial charge in [0.05, 0.1) is 15.8 Å². The molecule has 0 atom stereocenters. The number of fused-ring (bicyclic) bond motifs is 1. The van der Waals surface area contributed by atoms with Gasteiger partial charge in [0.1, 0.15) is 0 Å². The molecule has 0 spiro atoms. The third kappa shape index (κ3) is 3.22. The number of piperazine rings is 1. The van der Waals surface area contributed by atoms with Crippen LogP contribution < -0.4 is 4.90 Å². The first-order valence-corrected chi connectivity index (χ1v) is 9.40. The van der Waals surface area contributed by atoms with Crippen LogP contribution in [0.25, 0.3) is 10.2 Å². The number of nitrogens with zero attached hydrogens (tertiary/aromatic N) is 4. The molecule has 1 saturated heterocycles. The molecule has 4 rings (SSSR count). The molecule has 1 fully saturated rings. The molecule has 128 valence electrons. The highest BCUT2D eigenvalue weighted by molar-refractivity contribution is 7.22. The number of benzene rings is 1. The molecule has 3 heterocycles. The Bertz CT molecular complexity index is 885. The molecule has 2 aromatic heterocycles. The van der Waals surface area contributed by atoms with Gasteiger partial charge in [-0.1, -0.05) is 24.3 Å². The molecule has 0 aliphatic carbocycles. The van der Waals surface area contributed by atoms with Gasteiger partial charge in [0.15, 0.2) is 5.13 Å². The number of rotatable bonds is 3. The summed E-state index contributed by atoms with van der Waals surface area (Å²) in [6.45, 7) is 5.22. The Morgan fingerprint density at radius 2 is 2.04 bits per heavy atom. The zero-order valence-corrected chi connectivity index (χ0v) is 15.0. The van der Waals surface area contributed by atoms with Gasteiger partial charge in [0.25, 0.3) is 5.91 Å². The van der Waals surface area contributed by atoms with E-state index in [1.54, 1.807) is 29.8 Å². The number of pyridine rings is 1. The van der Waals surface area contributed by atoms with Gasteiger partial charge in [-0.2, -0.15) is 0 Å². The molecule has 3 aromatic rings. The smallest absolute Gasteiger partial charge is 0.255 e. The Labute approximate surface area is 150 Å². The van der Waals surface area contributed by atoms with E-state index in [2.05, 4.69) is 35.0 Å². The highest BCUT2D eigenvalue weighted by Gasteiger charge is 2.24. The third-order valence-electron chi connectivity index (χ3n) is 4.60. The van der Waals surface area contributed by atoms with Crippen LogP contribution in [0.3, 0.4) is 0 Å². The van der Waals surface area contributed by atoms with E-state index in [1.165, 1.54) is 10.3 Å². The second-order valence-electron chi connectivity index (χ2n) is 6.17. The Balaban J connectivity index is 1.46. The van der Waals surface area contributed by atoms with Gasteiger partial charge in [-0.3, -0.25) is 9.78 Å². The van der Waals surface area contributed by atoms with E-state index >= 15 is 0 Å². The van der Waals surface area contributed by atoms with Crippen LogP contribution >= 0.6 is 11.3 Å². The van der Waals surface area contributed by atoms with Crippen molar-refractivity contribution in [1.82, 2.24) is 14.9 Å². The van der Waals surface area contributed by atoms with E-state index in [-0.39, 0.29) is 5.91 Å². The molecule has 5 nitrogen and oxygen atoms in total. The number of anilines is 1. The molecule has 25 heavy (non-hydrogen) atoms. The minimum atomic E-state index is 0.0598. The molecular weight excluding hydrogens is 332 g/mol. The summed E-state index contributed by atoms with van der Waals surface area (Å²) in [5.41, 5.74) is 3.06. The second-order valence-corrected chi connectivity index (χ2v) is 7.18. The fourth-order valence-electron chi connectivity index (χ4n) is 3.08. The highest BCUT2D eigenvalue weighted by Crippen LogP contribution is 2.30. The van der Waals surface area contributed by atoms with Crippen molar-refractivity contribution in [3.05, 3.63) is 53.9 Å². The van der Waals surface area contributed by atoms with Crippen LogP contribution in [-0.4, -0.2) is 47.0 Å². The molecule has 0 N–H and O–H groups in total. The molecule has 1 aliphatic heterocycles. The highest BCUT2D eigenvalue weighted by atomic mass is 32.1. The summed E-state index contributed by atoms with van der Waals surface area (Å²) < 4.78 is 1.24. The molecule has 6 heteroatoms. The Morgan fingerprint density at radius 1 is 1.20 bits per heavy atom. The molecule has 0 radical (unpaired) electrons. The summed E-state index contributed by atoms with van der Waals surface area (Å²) in [5.74, 6) is 0.0598. The van der Waals surface area contributed by atoms with Gasteiger partial charge < -0.3 is 9.80 Å². The monoisotopic (exact) mass is 352 g/mol. The lowest BCUT2D eigenvalue weighted by atomic mass is 10.2. The van der Waals surface area contributed by atoms with E-state index in [4.69, 9.17) is 4.98 Å². The first kappa shape index (κ1) is 16.0. The minimum absolute atomic E-state index is 0.0598. The van der Waals surface area contributed by atoms with Gasteiger partial charge in [-0.05, 0) is 36.2 Å². The van der Waals surface area contributed by atoms with Crippen molar-refractivity contribution in [1.29, 1.82) is 0 Å².